The summed E-state index contributed by atoms with van der Waals surface area (Å²) in [4.78, 5) is 6.69. The number of halogens is 1. The lowest BCUT2D eigenvalue weighted by molar-refractivity contribution is 0.464. The van der Waals surface area contributed by atoms with Crippen molar-refractivity contribution in [2.24, 2.45) is 12.0 Å². The van der Waals surface area contributed by atoms with Crippen molar-refractivity contribution in [2.45, 2.75) is 26.9 Å². The molecule has 0 spiro atoms. The van der Waals surface area contributed by atoms with E-state index in [0.29, 0.717) is 19.6 Å². The molecule has 0 aliphatic rings. The van der Waals surface area contributed by atoms with Gasteiger partial charge in [-0.25, -0.2) is 4.99 Å². The number of furan rings is 1. The van der Waals surface area contributed by atoms with Crippen LogP contribution in [0.1, 0.15) is 23.0 Å². The van der Waals surface area contributed by atoms with Crippen molar-refractivity contribution in [3.63, 3.8) is 0 Å². The highest BCUT2D eigenvalue weighted by atomic mass is 127. The molecule has 1 N–H and O–H groups in total. The van der Waals surface area contributed by atoms with Crippen LogP contribution < -0.4 is 5.32 Å². The van der Waals surface area contributed by atoms with E-state index >= 15 is 0 Å². The van der Waals surface area contributed by atoms with Crippen LogP contribution in [0.3, 0.4) is 0 Å². The lowest BCUT2D eigenvalue weighted by atomic mass is 10.2. The Bertz CT molecular complexity index is 691. The lowest BCUT2D eigenvalue weighted by Crippen LogP contribution is -2.38. The van der Waals surface area contributed by atoms with Crippen LogP contribution in [0.5, 0.6) is 0 Å². The zero-order chi connectivity index (χ0) is 16.8. The van der Waals surface area contributed by atoms with Crippen molar-refractivity contribution < 1.29 is 4.42 Å². The number of hydrogen-bond acceptors (Lipinski definition) is 4. The Balaban J connectivity index is 0.00000288. The zero-order valence-corrected chi connectivity index (χ0v) is 16.9. The van der Waals surface area contributed by atoms with Crippen LogP contribution in [0.2, 0.25) is 0 Å². The first kappa shape index (κ1) is 20.2. The van der Waals surface area contributed by atoms with Gasteiger partial charge in [-0.1, -0.05) is 6.08 Å². The predicted molar refractivity (Wildman–Crippen MR) is 105 cm³/mol. The summed E-state index contributed by atoms with van der Waals surface area (Å²) < 4.78 is 7.29. The number of hydrogen-bond donors (Lipinski definition) is 1. The first-order valence-electron chi connectivity index (χ1n) is 7.51. The second-order valence-electron chi connectivity index (χ2n) is 5.39. The molecule has 0 amide bonds. The molecule has 0 aliphatic carbocycles. The fourth-order valence-electron chi connectivity index (χ4n) is 2.12. The quantitative estimate of drug-likeness (QED) is 0.321. The van der Waals surface area contributed by atoms with E-state index in [9.17, 15) is 0 Å². The van der Waals surface area contributed by atoms with Crippen LogP contribution in [0.25, 0.3) is 0 Å². The third-order valence-electron chi connectivity index (χ3n) is 3.69. The number of aliphatic imine (C=N–C) groups is 1. The highest BCUT2D eigenvalue weighted by Crippen LogP contribution is 2.11. The van der Waals surface area contributed by atoms with Gasteiger partial charge in [-0.2, -0.15) is 0 Å². The molecule has 2 heterocycles. The SMILES string of the molecule is C=CCNC(=NCc1nnc(C)n1C)N(C)Cc1ccoc1C.I. The molecule has 0 fully saturated rings. The second-order valence-corrected chi connectivity index (χ2v) is 5.39. The third kappa shape index (κ3) is 5.08. The molecule has 8 heteroatoms. The van der Waals surface area contributed by atoms with E-state index in [-0.39, 0.29) is 24.0 Å². The minimum atomic E-state index is 0. The molecule has 2 rings (SSSR count). The van der Waals surface area contributed by atoms with E-state index in [2.05, 4.69) is 27.1 Å². The number of nitrogens with zero attached hydrogens (tertiary/aromatic N) is 5. The summed E-state index contributed by atoms with van der Waals surface area (Å²) in [6, 6.07) is 1.98. The van der Waals surface area contributed by atoms with Crippen LogP contribution in [0, 0.1) is 13.8 Å². The highest BCUT2D eigenvalue weighted by Gasteiger charge is 2.11. The van der Waals surface area contributed by atoms with Crippen molar-refractivity contribution >= 4 is 29.9 Å². The Morgan fingerprint density at radius 3 is 2.75 bits per heavy atom. The van der Waals surface area contributed by atoms with Crippen LogP contribution in [0.15, 0.2) is 34.4 Å². The fraction of sp³-hybridized carbons (Fsp3) is 0.438. The molecule has 0 aliphatic heterocycles. The maximum absolute atomic E-state index is 5.35. The van der Waals surface area contributed by atoms with Gasteiger partial charge in [0.05, 0.1) is 6.26 Å². The maximum atomic E-state index is 5.35. The molecule has 24 heavy (non-hydrogen) atoms. The molecular weight excluding hydrogens is 419 g/mol. The topological polar surface area (TPSA) is 71.5 Å². The minimum absolute atomic E-state index is 0. The molecule has 0 radical (unpaired) electrons. The number of rotatable bonds is 6. The normalized spacial score (nSPS) is 11.1. The van der Waals surface area contributed by atoms with Crippen LogP contribution in [0.4, 0.5) is 0 Å². The van der Waals surface area contributed by atoms with E-state index in [1.54, 1.807) is 12.3 Å². The summed E-state index contributed by atoms with van der Waals surface area (Å²) >= 11 is 0. The third-order valence-corrected chi connectivity index (χ3v) is 3.69. The fourth-order valence-corrected chi connectivity index (χ4v) is 2.12. The molecule has 0 bridgehead atoms. The summed E-state index contributed by atoms with van der Waals surface area (Å²) in [7, 11) is 3.93. The maximum Gasteiger partial charge on any atom is 0.194 e. The van der Waals surface area contributed by atoms with E-state index < -0.39 is 0 Å². The van der Waals surface area contributed by atoms with E-state index in [1.165, 1.54) is 0 Å². The summed E-state index contributed by atoms with van der Waals surface area (Å²) in [6.07, 6.45) is 3.51. The standard InChI is InChI=1S/C16H24N6O.HI/c1-6-8-17-16(18-10-15-20-19-13(3)22(15)5)21(4)11-14-7-9-23-12(14)2;/h6-7,9H,1,8,10-11H2,2-5H3,(H,17,18);1H. The predicted octanol–water partition coefficient (Wildman–Crippen LogP) is 2.41. The van der Waals surface area contributed by atoms with Crippen molar-refractivity contribution in [3.05, 3.63) is 48.0 Å². The zero-order valence-electron chi connectivity index (χ0n) is 14.6. The van der Waals surface area contributed by atoms with Gasteiger partial charge >= 0.3 is 0 Å². The van der Waals surface area contributed by atoms with Gasteiger partial charge in [-0.05, 0) is 19.9 Å². The molecule has 0 unspecified atom stereocenters. The molecular formula is C16H25IN6O. The minimum Gasteiger partial charge on any atom is -0.469 e. The number of aryl methyl sites for hydroxylation is 2. The van der Waals surface area contributed by atoms with Crippen LogP contribution in [-0.2, 0) is 20.1 Å². The first-order valence-corrected chi connectivity index (χ1v) is 7.51. The molecule has 0 saturated heterocycles. The smallest absolute Gasteiger partial charge is 0.194 e. The average molecular weight is 444 g/mol. The molecule has 0 aromatic carbocycles. The molecule has 132 valence electrons. The van der Waals surface area contributed by atoms with Gasteiger partial charge < -0.3 is 19.2 Å². The Morgan fingerprint density at radius 1 is 1.46 bits per heavy atom. The Morgan fingerprint density at radius 2 is 2.21 bits per heavy atom. The first-order chi connectivity index (χ1) is 11.0. The van der Waals surface area contributed by atoms with Crippen LogP contribution in [-0.4, -0.2) is 39.2 Å². The molecule has 7 nitrogen and oxygen atoms in total. The van der Waals surface area contributed by atoms with Crippen molar-refractivity contribution in [1.29, 1.82) is 0 Å². The van der Waals surface area contributed by atoms with Gasteiger partial charge in [-0.15, -0.1) is 40.8 Å². The summed E-state index contributed by atoms with van der Waals surface area (Å²) in [6.45, 7) is 9.44. The van der Waals surface area contributed by atoms with E-state index in [4.69, 9.17) is 4.42 Å². The van der Waals surface area contributed by atoms with Gasteiger partial charge in [0.25, 0.3) is 0 Å². The Hall–Kier alpha value is -1.84. The lowest BCUT2D eigenvalue weighted by Gasteiger charge is -2.21. The van der Waals surface area contributed by atoms with Gasteiger partial charge in [-0.3, -0.25) is 0 Å². The second kappa shape index (κ2) is 9.45. The Kier molecular flexibility index (Phi) is 7.96. The van der Waals surface area contributed by atoms with E-state index in [0.717, 1.165) is 28.9 Å². The molecule has 0 atom stereocenters. The summed E-state index contributed by atoms with van der Waals surface area (Å²) in [5, 5.41) is 11.5. The molecule has 0 saturated carbocycles. The van der Waals surface area contributed by atoms with Gasteiger partial charge in [0.1, 0.15) is 18.1 Å². The summed E-state index contributed by atoms with van der Waals surface area (Å²) in [5.41, 5.74) is 1.13. The largest absolute Gasteiger partial charge is 0.469 e. The Labute approximate surface area is 159 Å². The van der Waals surface area contributed by atoms with Gasteiger partial charge in [0, 0.05) is 32.7 Å². The van der Waals surface area contributed by atoms with Crippen molar-refractivity contribution in [1.82, 2.24) is 25.0 Å². The molecule has 2 aromatic heterocycles. The monoisotopic (exact) mass is 444 g/mol. The van der Waals surface area contributed by atoms with Gasteiger partial charge in [0.2, 0.25) is 0 Å². The van der Waals surface area contributed by atoms with Crippen molar-refractivity contribution in [2.75, 3.05) is 13.6 Å². The molecule has 2 aromatic rings. The highest BCUT2D eigenvalue weighted by molar-refractivity contribution is 14.0. The van der Waals surface area contributed by atoms with E-state index in [1.807, 2.05) is 43.5 Å². The summed E-state index contributed by atoms with van der Waals surface area (Å²) in [5.74, 6) is 3.40. The number of nitrogens with one attached hydrogen (secondary N) is 1. The van der Waals surface area contributed by atoms with Gasteiger partial charge in [0.15, 0.2) is 11.8 Å². The van der Waals surface area contributed by atoms with Crippen LogP contribution >= 0.6 is 24.0 Å². The number of aromatic nitrogens is 3. The number of guanidine groups is 1. The van der Waals surface area contributed by atoms with Crippen molar-refractivity contribution in [3.8, 4) is 0 Å². The average Bonchev–Trinajstić information content (AvgIpc) is 3.07.